The largest absolute Gasteiger partial charge is 0.503 e. The number of hydrogen-bond acceptors (Lipinski definition) is 4. The Morgan fingerprint density at radius 3 is 2.81 bits per heavy atom. The summed E-state index contributed by atoms with van der Waals surface area (Å²) in [5.41, 5.74) is 0.149. The van der Waals surface area contributed by atoms with E-state index in [1.54, 1.807) is 7.11 Å². The van der Waals surface area contributed by atoms with Gasteiger partial charge in [-0.3, -0.25) is 0 Å². The molecule has 0 amide bonds. The van der Waals surface area contributed by atoms with Gasteiger partial charge in [-0.2, -0.15) is 5.26 Å². The third kappa shape index (κ3) is 2.37. The molecule has 2 aliphatic rings. The Hall–Kier alpha value is -1.05. The predicted molar refractivity (Wildman–Crippen MR) is 57.3 cm³/mol. The van der Waals surface area contributed by atoms with Crippen LogP contribution in [0.25, 0.3) is 0 Å². The molecule has 1 aliphatic heterocycles. The SMILES string of the molecule is CO/C=C(\C#N)C1(OC2CCCCO2)CC1. The van der Waals surface area contributed by atoms with Crippen molar-refractivity contribution in [1.29, 1.82) is 5.26 Å². The van der Waals surface area contributed by atoms with Crippen LogP contribution in [0.1, 0.15) is 32.1 Å². The third-order valence-electron chi connectivity index (χ3n) is 3.05. The fourth-order valence-corrected chi connectivity index (χ4v) is 1.97. The van der Waals surface area contributed by atoms with Crippen LogP contribution in [0.2, 0.25) is 0 Å². The summed E-state index contributed by atoms with van der Waals surface area (Å²) in [6, 6.07) is 2.15. The van der Waals surface area contributed by atoms with Crippen molar-refractivity contribution in [2.75, 3.05) is 13.7 Å². The lowest BCUT2D eigenvalue weighted by Crippen LogP contribution is -2.30. The highest BCUT2D eigenvalue weighted by Crippen LogP contribution is 2.47. The van der Waals surface area contributed by atoms with Crippen molar-refractivity contribution in [2.24, 2.45) is 0 Å². The molecule has 0 radical (unpaired) electrons. The summed E-state index contributed by atoms with van der Waals surface area (Å²) in [7, 11) is 1.55. The molecule has 1 saturated carbocycles. The van der Waals surface area contributed by atoms with E-state index in [-0.39, 0.29) is 6.29 Å². The number of nitrogens with zero attached hydrogens (tertiary/aromatic N) is 1. The molecule has 0 aromatic rings. The van der Waals surface area contributed by atoms with Crippen LogP contribution in [-0.2, 0) is 14.2 Å². The first-order valence-electron chi connectivity index (χ1n) is 5.74. The molecule has 4 heteroatoms. The minimum absolute atomic E-state index is 0.148. The summed E-state index contributed by atoms with van der Waals surface area (Å²) in [5.74, 6) is 0. The number of nitriles is 1. The standard InChI is InChI=1S/C12H17NO3/c1-14-9-10(8-13)12(5-6-12)16-11-4-2-3-7-15-11/h9,11H,2-7H2,1H3/b10-9+. The van der Waals surface area contributed by atoms with Crippen LogP contribution in [0.15, 0.2) is 11.8 Å². The summed E-state index contributed by atoms with van der Waals surface area (Å²) in [5, 5.41) is 9.04. The van der Waals surface area contributed by atoms with Gasteiger partial charge in [0, 0.05) is 6.61 Å². The highest BCUT2D eigenvalue weighted by atomic mass is 16.7. The van der Waals surface area contributed by atoms with Gasteiger partial charge < -0.3 is 14.2 Å². The van der Waals surface area contributed by atoms with Crippen molar-refractivity contribution in [3.63, 3.8) is 0 Å². The van der Waals surface area contributed by atoms with Crippen LogP contribution in [0.3, 0.4) is 0 Å². The number of ether oxygens (including phenoxy) is 3. The van der Waals surface area contributed by atoms with Crippen LogP contribution in [0.5, 0.6) is 0 Å². The molecule has 1 heterocycles. The van der Waals surface area contributed by atoms with Gasteiger partial charge in [-0.05, 0) is 32.1 Å². The Labute approximate surface area is 95.8 Å². The van der Waals surface area contributed by atoms with E-state index in [1.165, 1.54) is 6.26 Å². The molecule has 0 bridgehead atoms. The lowest BCUT2D eigenvalue weighted by atomic mass is 10.1. The van der Waals surface area contributed by atoms with Gasteiger partial charge >= 0.3 is 0 Å². The van der Waals surface area contributed by atoms with Gasteiger partial charge in [0.1, 0.15) is 11.7 Å². The molecule has 1 atom stereocenters. The summed E-state index contributed by atoms with van der Waals surface area (Å²) in [6.45, 7) is 0.761. The van der Waals surface area contributed by atoms with Gasteiger partial charge in [-0.25, -0.2) is 0 Å². The Bertz CT molecular complexity index is 309. The summed E-state index contributed by atoms with van der Waals surface area (Å²) >= 11 is 0. The second-order valence-corrected chi connectivity index (χ2v) is 4.29. The van der Waals surface area contributed by atoms with Crippen molar-refractivity contribution >= 4 is 0 Å². The van der Waals surface area contributed by atoms with Gasteiger partial charge in [-0.1, -0.05) is 0 Å². The average Bonchev–Trinajstić information content (AvgIpc) is 3.08. The van der Waals surface area contributed by atoms with Gasteiger partial charge in [-0.15, -0.1) is 0 Å². The van der Waals surface area contributed by atoms with E-state index >= 15 is 0 Å². The van der Waals surface area contributed by atoms with Crippen molar-refractivity contribution < 1.29 is 14.2 Å². The fourth-order valence-electron chi connectivity index (χ4n) is 1.97. The highest BCUT2D eigenvalue weighted by Gasteiger charge is 2.50. The highest BCUT2D eigenvalue weighted by molar-refractivity contribution is 5.35. The van der Waals surface area contributed by atoms with Crippen molar-refractivity contribution in [3.05, 3.63) is 11.8 Å². The zero-order valence-electron chi connectivity index (χ0n) is 9.57. The molecular weight excluding hydrogens is 206 g/mol. The van der Waals surface area contributed by atoms with E-state index in [9.17, 15) is 0 Å². The normalized spacial score (nSPS) is 28.2. The molecule has 0 aromatic heterocycles. The van der Waals surface area contributed by atoms with Crippen LogP contribution >= 0.6 is 0 Å². The molecule has 0 N–H and O–H groups in total. The van der Waals surface area contributed by atoms with Gasteiger partial charge in [0.05, 0.1) is 18.9 Å². The number of methoxy groups -OCH3 is 1. The quantitative estimate of drug-likeness (QED) is 0.541. The first kappa shape index (κ1) is 11.4. The zero-order chi connectivity index (χ0) is 11.4. The molecule has 0 aromatic carbocycles. The molecule has 4 nitrogen and oxygen atoms in total. The molecule has 1 saturated heterocycles. The number of rotatable bonds is 4. The van der Waals surface area contributed by atoms with Crippen LogP contribution in [0, 0.1) is 11.3 Å². The lowest BCUT2D eigenvalue weighted by Gasteiger charge is -2.27. The first-order valence-corrected chi connectivity index (χ1v) is 5.74. The van der Waals surface area contributed by atoms with E-state index < -0.39 is 5.60 Å². The Balaban J connectivity index is 1.97. The fraction of sp³-hybridized carbons (Fsp3) is 0.750. The Morgan fingerprint density at radius 1 is 1.50 bits per heavy atom. The van der Waals surface area contributed by atoms with Crippen molar-refractivity contribution in [3.8, 4) is 6.07 Å². The van der Waals surface area contributed by atoms with Crippen LogP contribution in [0.4, 0.5) is 0 Å². The molecule has 1 aliphatic carbocycles. The molecule has 1 unspecified atom stereocenters. The molecular formula is C12H17NO3. The minimum atomic E-state index is -0.424. The second kappa shape index (κ2) is 4.86. The van der Waals surface area contributed by atoms with Gasteiger partial charge in [0.15, 0.2) is 6.29 Å². The summed E-state index contributed by atoms with van der Waals surface area (Å²) < 4.78 is 16.3. The van der Waals surface area contributed by atoms with Crippen LogP contribution in [-0.4, -0.2) is 25.6 Å². The summed E-state index contributed by atoms with van der Waals surface area (Å²) in [4.78, 5) is 0. The van der Waals surface area contributed by atoms with Gasteiger partial charge in [0.2, 0.25) is 0 Å². The molecule has 16 heavy (non-hydrogen) atoms. The van der Waals surface area contributed by atoms with E-state index in [4.69, 9.17) is 19.5 Å². The average molecular weight is 223 g/mol. The molecule has 0 spiro atoms. The van der Waals surface area contributed by atoms with Crippen LogP contribution < -0.4 is 0 Å². The third-order valence-corrected chi connectivity index (χ3v) is 3.05. The first-order chi connectivity index (χ1) is 7.80. The maximum absolute atomic E-state index is 9.04. The maximum atomic E-state index is 9.04. The smallest absolute Gasteiger partial charge is 0.158 e. The molecule has 88 valence electrons. The molecule has 2 rings (SSSR count). The summed E-state index contributed by atoms with van der Waals surface area (Å²) in [6.07, 6.45) is 6.27. The van der Waals surface area contributed by atoms with E-state index in [0.717, 1.165) is 38.7 Å². The Kier molecular flexibility index (Phi) is 3.47. The lowest BCUT2D eigenvalue weighted by molar-refractivity contribution is -0.187. The Morgan fingerprint density at radius 2 is 2.31 bits per heavy atom. The van der Waals surface area contributed by atoms with E-state index in [1.807, 2.05) is 0 Å². The van der Waals surface area contributed by atoms with E-state index in [2.05, 4.69) is 6.07 Å². The second-order valence-electron chi connectivity index (χ2n) is 4.29. The number of hydrogen-bond donors (Lipinski definition) is 0. The van der Waals surface area contributed by atoms with E-state index in [0.29, 0.717) is 5.57 Å². The minimum Gasteiger partial charge on any atom is -0.503 e. The molecule has 2 fully saturated rings. The van der Waals surface area contributed by atoms with Gasteiger partial charge in [0.25, 0.3) is 0 Å². The van der Waals surface area contributed by atoms with Crippen molar-refractivity contribution in [2.45, 2.75) is 44.0 Å². The topological polar surface area (TPSA) is 51.5 Å². The zero-order valence-corrected chi connectivity index (χ0v) is 9.57. The maximum Gasteiger partial charge on any atom is 0.158 e. The predicted octanol–water partition coefficient (Wildman–Crippen LogP) is 2.12. The monoisotopic (exact) mass is 223 g/mol. The van der Waals surface area contributed by atoms with Crippen molar-refractivity contribution in [1.82, 2.24) is 0 Å².